The standard InChI is InChI=1S/C17H21ClN4O4S.C2HF3O2/c1-10(14(19)17(23)22-7-3-4-8-22)16-20-15(21-26-16)12-6-5-11(9-13(12)18)27(2,24)25;3-2(4,5)1(6)7/h5-6,9-10,14H,3-4,7-8,19H2,1-2H3;(H,6,7)/t10-,14-;/m0./s1. The van der Waals surface area contributed by atoms with Gasteiger partial charge in [-0.05, 0) is 31.0 Å². The number of alkyl halides is 3. The number of hydrogen-bond donors (Lipinski definition) is 2. The second-order valence-corrected chi connectivity index (χ2v) is 9.94. The minimum atomic E-state index is -5.08. The minimum absolute atomic E-state index is 0.103. The van der Waals surface area contributed by atoms with Gasteiger partial charge in [-0.3, -0.25) is 4.79 Å². The molecule has 15 heteroatoms. The number of amides is 1. The van der Waals surface area contributed by atoms with Crippen LogP contribution in [0.2, 0.25) is 5.02 Å². The summed E-state index contributed by atoms with van der Waals surface area (Å²) in [5.74, 6) is -2.91. The Hall–Kier alpha value is -2.71. The van der Waals surface area contributed by atoms with Gasteiger partial charge in [0.15, 0.2) is 9.84 Å². The summed E-state index contributed by atoms with van der Waals surface area (Å²) in [5, 5.41) is 11.2. The number of carboxylic acids is 1. The van der Waals surface area contributed by atoms with Crippen LogP contribution in [-0.4, -0.2) is 72.0 Å². The Morgan fingerprint density at radius 2 is 1.82 bits per heavy atom. The van der Waals surface area contributed by atoms with Crippen LogP contribution in [0, 0.1) is 0 Å². The second-order valence-electron chi connectivity index (χ2n) is 7.52. The Balaban J connectivity index is 0.000000509. The van der Waals surface area contributed by atoms with Gasteiger partial charge in [-0.25, -0.2) is 13.2 Å². The third-order valence-electron chi connectivity index (χ3n) is 4.92. The molecule has 0 radical (unpaired) electrons. The van der Waals surface area contributed by atoms with E-state index in [0.29, 0.717) is 5.56 Å². The molecular formula is C19H22ClF3N4O6S. The fourth-order valence-electron chi connectivity index (χ4n) is 2.95. The van der Waals surface area contributed by atoms with Gasteiger partial charge in [-0.2, -0.15) is 18.2 Å². The number of carbonyl (C=O) groups excluding carboxylic acids is 1. The van der Waals surface area contributed by atoms with Crippen LogP contribution in [0.15, 0.2) is 27.6 Å². The molecule has 3 N–H and O–H groups in total. The monoisotopic (exact) mass is 526 g/mol. The molecular weight excluding hydrogens is 505 g/mol. The zero-order valence-corrected chi connectivity index (χ0v) is 19.6. The van der Waals surface area contributed by atoms with Crippen molar-refractivity contribution in [3.8, 4) is 11.4 Å². The number of aromatic nitrogens is 2. The van der Waals surface area contributed by atoms with Crippen molar-refractivity contribution in [3.63, 3.8) is 0 Å². The molecule has 0 saturated carbocycles. The molecule has 0 bridgehead atoms. The summed E-state index contributed by atoms with van der Waals surface area (Å²) in [6, 6.07) is 3.51. The Kier molecular flexibility index (Phi) is 8.66. The van der Waals surface area contributed by atoms with Crippen molar-refractivity contribution in [2.45, 2.75) is 42.8 Å². The lowest BCUT2D eigenvalue weighted by molar-refractivity contribution is -0.192. The first-order valence-electron chi connectivity index (χ1n) is 9.81. The van der Waals surface area contributed by atoms with Gasteiger partial charge in [0.05, 0.1) is 21.9 Å². The van der Waals surface area contributed by atoms with Crippen molar-refractivity contribution in [3.05, 3.63) is 29.1 Å². The highest BCUT2D eigenvalue weighted by Crippen LogP contribution is 2.30. The summed E-state index contributed by atoms with van der Waals surface area (Å²) in [6.45, 7) is 3.19. The topological polar surface area (TPSA) is 157 Å². The van der Waals surface area contributed by atoms with Gasteiger partial charge in [0.2, 0.25) is 17.6 Å². The van der Waals surface area contributed by atoms with Gasteiger partial charge in [-0.1, -0.05) is 23.7 Å². The normalized spacial score (nSPS) is 15.9. The number of nitrogens with two attached hydrogens (primary N) is 1. The van der Waals surface area contributed by atoms with Crippen LogP contribution in [0.3, 0.4) is 0 Å². The van der Waals surface area contributed by atoms with Crippen LogP contribution in [0.1, 0.15) is 31.6 Å². The first kappa shape index (κ1) is 27.5. The second kappa shape index (κ2) is 10.7. The van der Waals surface area contributed by atoms with Gasteiger partial charge in [0, 0.05) is 24.9 Å². The predicted octanol–water partition coefficient (Wildman–Crippen LogP) is 2.48. The Morgan fingerprint density at radius 3 is 2.29 bits per heavy atom. The summed E-state index contributed by atoms with van der Waals surface area (Å²) in [6.07, 6.45) is -2.01. The maximum absolute atomic E-state index is 12.5. The van der Waals surface area contributed by atoms with Crippen molar-refractivity contribution in [2.24, 2.45) is 5.73 Å². The van der Waals surface area contributed by atoms with Crippen LogP contribution in [-0.2, 0) is 19.4 Å². The minimum Gasteiger partial charge on any atom is -0.475 e. The summed E-state index contributed by atoms with van der Waals surface area (Å²) < 4.78 is 60.2. The highest BCUT2D eigenvalue weighted by molar-refractivity contribution is 7.90. The fourth-order valence-corrected chi connectivity index (χ4v) is 3.93. The molecule has 188 valence electrons. The van der Waals surface area contributed by atoms with Crippen molar-refractivity contribution < 1.29 is 40.8 Å². The summed E-state index contributed by atoms with van der Waals surface area (Å²) in [5.41, 5.74) is 6.54. The molecule has 1 amide bonds. The number of likely N-dealkylation sites (tertiary alicyclic amines) is 1. The zero-order valence-electron chi connectivity index (χ0n) is 18.0. The Labute approximate surface area is 197 Å². The van der Waals surface area contributed by atoms with Crippen molar-refractivity contribution in [1.82, 2.24) is 15.0 Å². The van der Waals surface area contributed by atoms with Crippen LogP contribution < -0.4 is 5.73 Å². The summed E-state index contributed by atoms with van der Waals surface area (Å²) in [7, 11) is -3.37. The molecule has 2 aromatic rings. The summed E-state index contributed by atoms with van der Waals surface area (Å²) in [4.78, 5) is 27.5. The SMILES string of the molecule is C[C@H](c1nc(-c2ccc(S(C)(=O)=O)cc2Cl)no1)[C@H](N)C(=O)N1CCCC1.O=C(O)C(F)(F)F. The van der Waals surface area contributed by atoms with Crippen LogP contribution in [0.4, 0.5) is 13.2 Å². The molecule has 2 atom stereocenters. The van der Waals surface area contributed by atoms with Crippen molar-refractivity contribution in [1.29, 1.82) is 0 Å². The molecule has 1 aromatic carbocycles. The average molecular weight is 527 g/mol. The van der Waals surface area contributed by atoms with E-state index in [-0.39, 0.29) is 27.5 Å². The van der Waals surface area contributed by atoms with E-state index in [1.165, 1.54) is 18.2 Å². The molecule has 10 nitrogen and oxygen atoms in total. The number of carbonyl (C=O) groups is 2. The highest BCUT2D eigenvalue weighted by Gasteiger charge is 2.38. The molecule has 0 unspecified atom stereocenters. The number of rotatable bonds is 5. The first-order chi connectivity index (χ1) is 15.6. The Morgan fingerprint density at radius 1 is 1.26 bits per heavy atom. The molecule has 1 saturated heterocycles. The van der Waals surface area contributed by atoms with Gasteiger partial charge < -0.3 is 20.3 Å². The predicted molar refractivity (Wildman–Crippen MR) is 114 cm³/mol. The Bertz CT molecular complexity index is 1150. The first-order valence-corrected chi connectivity index (χ1v) is 12.1. The zero-order chi connectivity index (χ0) is 25.8. The third kappa shape index (κ3) is 6.90. The van der Waals surface area contributed by atoms with E-state index in [2.05, 4.69) is 10.1 Å². The quantitative estimate of drug-likeness (QED) is 0.597. The molecule has 0 spiro atoms. The number of halogens is 4. The average Bonchev–Trinajstić information content (AvgIpc) is 3.43. The number of sulfone groups is 1. The lowest BCUT2D eigenvalue weighted by atomic mass is 10.0. The lowest BCUT2D eigenvalue weighted by Gasteiger charge is -2.22. The van der Waals surface area contributed by atoms with Gasteiger partial charge >= 0.3 is 12.1 Å². The number of aliphatic carboxylic acids is 1. The van der Waals surface area contributed by atoms with Gasteiger partial charge in [-0.15, -0.1) is 0 Å². The molecule has 1 aromatic heterocycles. The number of nitrogens with zero attached hydrogens (tertiary/aromatic N) is 3. The van der Waals surface area contributed by atoms with Crippen LogP contribution in [0.25, 0.3) is 11.4 Å². The molecule has 1 aliphatic rings. The van der Waals surface area contributed by atoms with E-state index >= 15 is 0 Å². The number of hydrogen-bond acceptors (Lipinski definition) is 8. The fraction of sp³-hybridized carbons (Fsp3) is 0.474. The van der Waals surface area contributed by atoms with E-state index in [9.17, 15) is 26.4 Å². The molecule has 2 heterocycles. The van der Waals surface area contributed by atoms with E-state index in [1.54, 1.807) is 11.8 Å². The van der Waals surface area contributed by atoms with Gasteiger partial charge in [0.1, 0.15) is 0 Å². The smallest absolute Gasteiger partial charge is 0.475 e. The molecule has 1 aliphatic heterocycles. The maximum atomic E-state index is 12.5. The van der Waals surface area contributed by atoms with E-state index < -0.39 is 33.9 Å². The third-order valence-corrected chi connectivity index (χ3v) is 6.35. The van der Waals surface area contributed by atoms with Gasteiger partial charge in [0.25, 0.3) is 0 Å². The molecule has 1 fully saturated rings. The number of carboxylic acid groups (broad SMARTS) is 1. The number of benzene rings is 1. The molecule has 3 rings (SSSR count). The van der Waals surface area contributed by atoms with E-state index in [4.69, 9.17) is 31.8 Å². The van der Waals surface area contributed by atoms with Crippen LogP contribution >= 0.6 is 11.6 Å². The van der Waals surface area contributed by atoms with Crippen LogP contribution in [0.5, 0.6) is 0 Å². The van der Waals surface area contributed by atoms with Crippen molar-refractivity contribution >= 4 is 33.3 Å². The summed E-state index contributed by atoms with van der Waals surface area (Å²) >= 11 is 6.19. The largest absolute Gasteiger partial charge is 0.490 e. The lowest BCUT2D eigenvalue weighted by Crippen LogP contribution is -2.45. The maximum Gasteiger partial charge on any atom is 0.490 e. The molecule has 0 aliphatic carbocycles. The molecule has 34 heavy (non-hydrogen) atoms. The van der Waals surface area contributed by atoms with E-state index in [1.807, 2.05) is 0 Å². The van der Waals surface area contributed by atoms with Crippen molar-refractivity contribution in [2.75, 3.05) is 19.3 Å². The highest BCUT2D eigenvalue weighted by atomic mass is 35.5. The van der Waals surface area contributed by atoms with E-state index in [0.717, 1.165) is 32.2 Å².